The van der Waals surface area contributed by atoms with Gasteiger partial charge in [0.1, 0.15) is 17.5 Å². The lowest BCUT2D eigenvalue weighted by Gasteiger charge is -2.28. The number of carbonyl (C=O) groups excluding carboxylic acids is 1. The van der Waals surface area contributed by atoms with E-state index in [1.165, 1.54) is 13.1 Å². The minimum atomic E-state index is -1.64. The number of benzene rings is 1. The Hall–Kier alpha value is -2.37. The molecule has 1 unspecified atom stereocenters. The normalized spacial score (nSPS) is 13.4. The molecule has 122 valence electrons. The molecule has 0 spiro atoms. The van der Waals surface area contributed by atoms with Gasteiger partial charge in [-0.2, -0.15) is 0 Å². The maximum Gasteiger partial charge on any atom is 0.316 e. The van der Waals surface area contributed by atoms with Gasteiger partial charge in [-0.25, -0.2) is 13.2 Å². The van der Waals surface area contributed by atoms with Gasteiger partial charge in [0.2, 0.25) is 0 Å². The van der Waals surface area contributed by atoms with E-state index < -0.39 is 34.4 Å². The molecule has 1 aromatic heterocycles. The van der Waals surface area contributed by atoms with E-state index in [2.05, 4.69) is 4.98 Å². The van der Waals surface area contributed by atoms with Gasteiger partial charge in [0.25, 0.3) is 0 Å². The van der Waals surface area contributed by atoms with Gasteiger partial charge < -0.3 is 4.74 Å². The summed E-state index contributed by atoms with van der Waals surface area (Å²) in [7, 11) is 0. The van der Waals surface area contributed by atoms with Gasteiger partial charge in [0, 0.05) is 30.1 Å². The average Bonchev–Trinajstić information content (AvgIpc) is 2.47. The Bertz CT molecular complexity index is 683. The highest BCUT2D eigenvalue weighted by atomic mass is 19.1. The zero-order valence-corrected chi connectivity index (χ0v) is 12.8. The number of hydrogen-bond acceptors (Lipinski definition) is 3. The zero-order chi connectivity index (χ0) is 17.0. The average molecular weight is 323 g/mol. The summed E-state index contributed by atoms with van der Waals surface area (Å²) in [6.45, 7) is 3.03. The number of rotatable bonds is 5. The van der Waals surface area contributed by atoms with Crippen LogP contribution in [0.15, 0.2) is 36.7 Å². The minimum Gasteiger partial charge on any atom is -0.465 e. The summed E-state index contributed by atoms with van der Waals surface area (Å²) in [5, 5.41) is 0. The van der Waals surface area contributed by atoms with Crippen molar-refractivity contribution in [3.05, 3.63) is 65.2 Å². The Labute approximate surface area is 132 Å². The van der Waals surface area contributed by atoms with Crippen LogP contribution in [0, 0.1) is 17.5 Å². The zero-order valence-electron chi connectivity index (χ0n) is 12.8. The van der Waals surface area contributed by atoms with Crippen LogP contribution in [0.1, 0.15) is 25.0 Å². The third kappa shape index (κ3) is 3.52. The fraction of sp³-hybridized carbons (Fsp3) is 0.294. The van der Waals surface area contributed by atoms with E-state index in [-0.39, 0.29) is 13.0 Å². The Balaban J connectivity index is 2.56. The Morgan fingerprint density at radius 1 is 1.26 bits per heavy atom. The van der Waals surface area contributed by atoms with Crippen molar-refractivity contribution in [3.8, 4) is 0 Å². The number of ether oxygens (including phenoxy) is 1. The lowest BCUT2D eigenvalue weighted by Crippen LogP contribution is -2.38. The summed E-state index contributed by atoms with van der Waals surface area (Å²) >= 11 is 0. The molecular formula is C17H16F3NO2. The molecule has 1 atom stereocenters. The summed E-state index contributed by atoms with van der Waals surface area (Å²) in [6, 6.07) is 4.44. The fourth-order valence-electron chi connectivity index (χ4n) is 2.53. The van der Waals surface area contributed by atoms with Gasteiger partial charge in [-0.05, 0) is 31.9 Å². The van der Waals surface area contributed by atoms with Crippen LogP contribution >= 0.6 is 0 Å². The molecule has 23 heavy (non-hydrogen) atoms. The number of aromatic nitrogens is 1. The first-order valence-electron chi connectivity index (χ1n) is 7.09. The molecule has 1 heterocycles. The van der Waals surface area contributed by atoms with Crippen molar-refractivity contribution >= 4 is 5.97 Å². The number of esters is 1. The maximum atomic E-state index is 14.2. The van der Waals surface area contributed by atoms with Crippen molar-refractivity contribution in [1.29, 1.82) is 0 Å². The molecule has 0 bridgehead atoms. The van der Waals surface area contributed by atoms with Crippen LogP contribution in [0.2, 0.25) is 0 Å². The molecule has 0 fully saturated rings. The summed E-state index contributed by atoms with van der Waals surface area (Å²) in [5.74, 6) is -4.08. The van der Waals surface area contributed by atoms with Gasteiger partial charge in [0.05, 0.1) is 12.0 Å². The molecule has 0 radical (unpaired) electrons. The molecule has 2 rings (SSSR count). The van der Waals surface area contributed by atoms with E-state index in [9.17, 15) is 18.0 Å². The molecule has 0 aliphatic carbocycles. The second kappa shape index (κ2) is 6.81. The van der Waals surface area contributed by atoms with E-state index >= 15 is 0 Å². The summed E-state index contributed by atoms with van der Waals surface area (Å²) in [4.78, 5) is 16.3. The van der Waals surface area contributed by atoms with Crippen molar-refractivity contribution in [1.82, 2.24) is 4.98 Å². The van der Waals surface area contributed by atoms with Crippen molar-refractivity contribution in [2.75, 3.05) is 6.61 Å². The lowest BCUT2D eigenvalue weighted by atomic mass is 9.77. The number of carbonyl (C=O) groups is 1. The number of nitrogens with zero attached hydrogens (tertiary/aromatic N) is 1. The number of hydrogen-bond donors (Lipinski definition) is 0. The number of pyridine rings is 1. The van der Waals surface area contributed by atoms with Crippen molar-refractivity contribution < 1.29 is 22.7 Å². The van der Waals surface area contributed by atoms with Gasteiger partial charge in [0.15, 0.2) is 0 Å². The van der Waals surface area contributed by atoms with Gasteiger partial charge in [-0.3, -0.25) is 9.78 Å². The Morgan fingerprint density at radius 2 is 1.91 bits per heavy atom. The summed E-state index contributed by atoms with van der Waals surface area (Å²) < 4.78 is 46.6. The predicted molar refractivity (Wildman–Crippen MR) is 78.2 cm³/mol. The van der Waals surface area contributed by atoms with Gasteiger partial charge in [-0.1, -0.05) is 6.07 Å². The topological polar surface area (TPSA) is 39.2 Å². The van der Waals surface area contributed by atoms with E-state index in [1.54, 1.807) is 25.3 Å². The molecule has 0 saturated heterocycles. The van der Waals surface area contributed by atoms with Crippen molar-refractivity contribution in [2.24, 2.45) is 0 Å². The quantitative estimate of drug-likeness (QED) is 0.790. The van der Waals surface area contributed by atoms with Crippen LogP contribution in [0.3, 0.4) is 0 Å². The van der Waals surface area contributed by atoms with Gasteiger partial charge >= 0.3 is 5.97 Å². The molecule has 0 N–H and O–H groups in total. The SMILES string of the molecule is CCOC(=O)C(C)(Cc1cccnc1)c1c(F)cc(F)cc1F. The van der Waals surface area contributed by atoms with Crippen LogP contribution in [0.4, 0.5) is 13.2 Å². The van der Waals surface area contributed by atoms with Gasteiger partial charge in [-0.15, -0.1) is 0 Å². The fourth-order valence-corrected chi connectivity index (χ4v) is 2.53. The lowest BCUT2D eigenvalue weighted by molar-refractivity contribution is -0.149. The largest absolute Gasteiger partial charge is 0.465 e. The van der Waals surface area contributed by atoms with Crippen LogP contribution in [-0.2, 0) is 21.4 Å². The molecule has 0 aliphatic rings. The molecule has 6 heteroatoms. The second-order valence-electron chi connectivity index (χ2n) is 5.34. The first-order valence-corrected chi connectivity index (χ1v) is 7.09. The van der Waals surface area contributed by atoms with Crippen molar-refractivity contribution in [2.45, 2.75) is 25.7 Å². The molecule has 2 aromatic rings. The second-order valence-corrected chi connectivity index (χ2v) is 5.34. The molecule has 0 amide bonds. The van der Waals surface area contributed by atoms with E-state index in [1.807, 2.05) is 0 Å². The van der Waals surface area contributed by atoms with Crippen LogP contribution in [-0.4, -0.2) is 17.6 Å². The Kier molecular flexibility index (Phi) is 5.03. The van der Waals surface area contributed by atoms with E-state index in [0.717, 1.165) is 0 Å². The smallest absolute Gasteiger partial charge is 0.316 e. The third-order valence-electron chi connectivity index (χ3n) is 3.57. The van der Waals surface area contributed by atoms with Crippen LogP contribution in [0.25, 0.3) is 0 Å². The maximum absolute atomic E-state index is 14.2. The Morgan fingerprint density at radius 3 is 2.43 bits per heavy atom. The van der Waals surface area contributed by atoms with Crippen LogP contribution in [0.5, 0.6) is 0 Å². The molecular weight excluding hydrogens is 307 g/mol. The predicted octanol–water partition coefficient (Wildman–Crippen LogP) is 3.56. The first-order chi connectivity index (χ1) is 10.9. The monoisotopic (exact) mass is 323 g/mol. The summed E-state index contributed by atoms with van der Waals surface area (Å²) in [6.07, 6.45) is 3.01. The number of halogens is 3. The molecule has 0 saturated carbocycles. The highest BCUT2D eigenvalue weighted by Gasteiger charge is 2.41. The standard InChI is InChI=1S/C17H16F3NO2/c1-3-23-16(22)17(2,9-11-5-4-6-21-10-11)15-13(19)7-12(18)8-14(15)20/h4-8,10H,3,9H2,1-2H3. The first kappa shape index (κ1) is 17.0. The van der Waals surface area contributed by atoms with E-state index in [4.69, 9.17) is 4.74 Å². The van der Waals surface area contributed by atoms with Crippen molar-refractivity contribution in [3.63, 3.8) is 0 Å². The minimum absolute atomic E-state index is 0.0286. The van der Waals surface area contributed by atoms with Crippen LogP contribution < -0.4 is 0 Å². The van der Waals surface area contributed by atoms with E-state index in [0.29, 0.717) is 17.7 Å². The highest BCUT2D eigenvalue weighted by molar-refractivity contribution is 5.83. The molecule has 0 aliphatic heterocycles. The molecule has 1 aromatic carbocycles. The molecule has 3 nitrogen and oxygen atoms in total. The third-order valence-corrected chi connectivity index (χ3v) is 3.57. The highest BCUT2D eigenvalue weighted by Crippen LogP contribution is 2.34. The summed E-state index contributed by atoms with van der Waals surface area (Å²) in [5.41, 5.74) is -1.55.